The number of hydrogen-bond donors (Lipinski definition) is 2. The molecule has 0 aliphatic carbocycles. The molecule has 1 saturated heterocycles. The molecule has 176 valence electrons. The lowest BCUT2D eigenvalue weighted by atomic mass is 9.99. The van der Waals surface area contributed by atoms with E-state index in [0.29, 0.717) is 5.56 Å². The zero-order valence-corrected chi connectivity index (χ0v) is 20.0. The lowest BCUT2D eigenvalue weighted by Gasteiger charge is -2.29. The molecule has 0 saturated carbocycles. The number of aryl methyl sites for hydroxylation is 1. The van der Waals surface area contributed by atoms with Gasteiger partial charge < -0.3 is 15.2 Å². The molecule has 0 unspecified atom stereocenters. The van der Waals surface area contributed by atoms with Gasteiger partial charge in [-0.1, -0.05) is 24.3 Å². The van der Waals surface area contributed by atoms with Crippen LogP contribution in [0.1, 0.15) is 28.8 Å². The molecule has 0 radical (unpaired) electrons. The van der Waals surface area contributed by atoms with E-state index in [-0.39, 0.29) is 11.9 Å². The monoisotopic (exact) mass is 464 g/mol. The van der Waals surface area contributed by atoms with Crippen LogP contribution in [0, 0.1) is 6.92 Å². The number of aromatic amines is 1. The number of carbonyl (C=O) groups is 1. The zero-order chi connectivity index (χ0) is 23.9. The second-order valence-corrected chi connectivity index (χ2v) is 9.49. The highest BCUT2D eigenvalue weighted by molar-refractivity contribution is 6.02. The van der Waals surface area contributed by atoms with E-state index in [4.69, 9.17) is 0 Å². The van der Waals surface area contributed by atoms with E-state index in [9.17, 15) is 4.79 Å². The number of H-pyrrole nitrogens is 1. The van der Waals surface area contributed by atoms with Crippen molar-refractivity contribution in [2.45, 2.75) is 25.8 Å². The number of rotatable bonds is 4. The third-order valence-electron chi connectivity index (χ3n) is 7.12. The smallest absolute Gasteiger partial charge is 0.255 e. The molecular weight excluding hydrogens is 436 g/mol. The molecule has 7 nitrogen and oxygen atoms in total. The Balaban J connectivity index is 1.36. The Hall–Kier alpha value is -3.97. The van der Waals surface area contributed by atoms with Crippen LogP contribution in [0.4, 0.5) is 0 Å². The standard InChI is InChI=1S/C28H28N6O/c1-18-5-3-4-6-22(18)20-13-23-24(16-30-27(23)29-15-20)19-7-12-34-26(14-19)25(17-31-34)28(35)32-21-8-10-33(2)11-9-21/h3-7,12-17,21H,8-11H2,1-2H3,(H,29,30)(H,32,35). The van der Waals surface area contributed by atoms with Crippen LogP contribution in [0.5, 0.6) is 0 Å². The van der Waals surface area contributed by atoms with Crippen LogP contribution in [0.2, 0.25) is 0 Å². The van der Waals surface area contributed by atoms with E-state index in [1.165, 1.54) is 11.1 Å². The Morgan fingerprint density at radius 3 is 2.71 bits per heavy atom. The fraction of sp³-hybridized carbons (Fsp3) is 0.250. The zero-order valence-electron chi connectivity index (χ0n) is 20.0. The number of piperidine rings is 1. The number of nitrogens with zero attached hydrogens (tertiary/aromatic N) is 4. The van der Waals surface area contributed by atoms with Crippen molar-refractivity contribution in [3.8, 4) is 22.3 Å². The van der Waals surface area contributed by atoms with E-state index in [1.54, 1.807) is 10.7 Å². The Labute approximate surface area is 203 Å². The summed E-state index contributed by atoms with van der Waals surface area (Å²) in [5.74, 6) is -0.0610. The van der Waals surface area contributed by atoms with Crippen molar-refractivity contribution >= 4 is 22.5 Å². The lowest BCUT2D eigenvalue weighted by molar-refractivity contribution is 0.0918. The first-order chi connectivity index (χ1) is 17.1. The van der Waals surface area contributed by atoms with Crippen molar-refractivity contribution in [3.63, 3.8) is 0 Å². The average Bonchev–Trinajstić information content (AvgIpc) is 3.49. The third-order valence-corrected chi connectivity index (χ3v) is 7.12. The number of fused-ring (bicyclic) bond motifs is 2. The van der Waals surface area contributed by atoms with Gasteiger partial charge in [-0.2, -0.15) is 5.10 Å². The van der Waals surface area contributed by atoms with Gasteiger partial charge in [0.1, 0.15) is 5.65 Å². The van der Waals surface area contributed by atoms with E-state index in [0.717, 1.165) is 59.2 Å². The summed E-state index contributed by atoms with van der Waals surface area (Å²) in [6.45, 7) is 4.12. The summed E-state index contributed by atoms with van der Waals surface area (Å²) in [7, 11) is 2.12. The number of aromatic nitrogens is 4. The Kier molecular flexibility index (Phi) is 5.34. The SMILES string of the molecule is Cc1ccccc1-c1cnc2[nH]cc(-c3ccn4ncc(C(=O)NC5CCN(C)CC5)c4c3)c2c1. The molecule has 1 aliphatic heterocycles. The molecule has 6 rings (SSSR count). The number of amides is 1. The number of benzene rings is 1. The average molecular weight is 465 g/mol. The summed E-state index contributed by atoms with van der Waals surface area (Å²) in [6.07, 6.45) is 9.41. The molecule has 0 atom stereocenters. The minimum Gasteiger partial charge on any atom is -0.349 e. The molecule has 1 amide bonds. The van der Waals surface area contributed by atoms with Gasteiger partial charge in [0, 0.05) is 41.1 Å². The maximum absolute atomic E-state index is 13.1. The van der Waals surface area contributed by atoms with Gasteiger partial charge in [0.25, 0.3) is 5.91 Å². The Bertz CT molecular complexity index is 1540. The molecule has 1 fully saturated rings. The summed E-state index contributed by atoms with van der Waals surface area (Å²) in [4.78, 5) is 23.4. The first kappa shape index (κ1) is 21.6. The predicted octanol–water partition coefficient (Wildman–Crippen LogP) is 4.68. The molecule has 5 heterocycles. The number of hydrogen-bond acceptors (Lipinski definition) is 4. The minimum atomic E-state index is -0.0610. The molecular formula is C28H28N6O. The Morgan fingerprint density at radius 2 is 1.89 bits per heavy atom. The molecule has 2 N–H and O–H groups in total. The highest BCUT2D eigenvalue weighted by Gasteiger charge is 2.21. The predicted molar refractivity (Wildman–Crippen MR) is 138 cm³/mol. The van der Waals surface area contributed by atoms with Gasteiger partial charge in [0.2, 0.25) is 0 Å². The fourth-order valence-corrected chi connectivity index (χ4v) is 5.03. The molecule has 0 spiro atoms. The van der Waals surface area contributed by atoms with Gasteiger partial charge in [-0.3, -0.25) is 4.79 Å². The molecule has 5 aromatic rings. The molecule has 0 bridgehead atoms. The van der Waals surface area contributed by atoms with Crippen LogP contribution in [-0.2, 0) is 0 Å². The van der Waals surface area contributed by atoms with E-state index in [2.05, 4.69) is 63.5 Å². The van der Waals surface area contributed by atoms with Crippen LogP contribution in [-0.4, -0.2) is 56.6 Å². The maximum Gasteiger partial charge on any atom is 0.255 e. The normalized spacial score (nSPS) is 15.1. The highest BCUT2D eigenvalue weighted by atomic mass is 16.1. The summed E-state index contributed by atoms with van der Waals surface area (Å²) in [5.41, 5.74) is 7.77. The Morgan fingerprint density at radius 1 is 1.06 bits per heavy atom. The van der Waals surface area contributed by atoms with Gasteiger partial charge in [0.15, 0.2) is 0 Å². The van der Waals surface area contributed by atoms with Crippen LogP contribution in [0.15, 0.2) is 67.3 Å². The number of likely N-dealkylation sites (tertiary alicyclic amines) is 1. The van der Waals surface area contributed by atoms with Crippen molar-refractivity contribution in [1.82, 2.24) is 29.8 Å². The van der Waals surface area contributed by atoms with Crippen LogP contribution in [0.3, 0.4) is 0 Å². The molecule has 7 heteroatoms. The van der Waals surface area contributed by atoms with Crippen molar-refractivity contribution in [3.05, 3.63) is 78.4 Å². The molecule has 35 heavy (non-hydrogen) atoms. The quantitative estimate of drug-likeness (QED) is 0.405. The van der Waals surface area contributed by atoms with Gasteiger partial charge in [0.05, 0.1) is 17.3 Å². The summed E-state index contributed by atoms with van der Waals surface area (Å²) >= 11 is 0. The van der Waals surface area contributed by atoms with E-state index < -0.39 is 0 Å². The fourth-order valence-electron chi connectivity index (χ4n) is 5.03. The molecule has 1 aromatic carbocycles. The van der Waals surface area contributed by atoms with E-state index in [1.807, 2.05) is 36.8 Å². The van der Waals surface area contributed by atoms with Gasteiger partial charge in [-0.05, 0) is 74.8 Å². The number of carbonyl (C=O) groups excluding carboxylic acids is 1. The van der Waals surface area contributed by atoms with Crippen molar-refractivity contribution in [2.24, 2.45) is 0 Å². The lowest BCUT2D eigenvalue weighted by Crippen LogP contribution is -2.43. The van der Waals surface area contributed by atoms with Gasteiger partial charge in [-0.15, -0.1) is 0 Å². The first-order valence-electron chi connectivity index (χ1n) is 12.1. The van der Waals surface area contributed by atoms with E-state index >= 15 is 0 Å². The second-order valence-electron chi connectivity index (χ2n) is 9.49. The summed E-state index contributed by atoms with van der Waals surface area (Å²) in [6, 6.07) is 14.8. The highest BCUT2D eigenvalue weighted by Crippen LogP contribution is 2.32. The van der Waals surface area contributed by atoms with Crippen molar-refractivity contribution < 1.29 is 4.79 Å². The van der Waals surface area contributed by atoms with Crippen molar-refractivity contribution in [2.75, 3.05) is 20.1 Å². The minimum absolute atomic E-state index is 0.0610. The third kappa shape index (κ3) is 3.98. The first-order valence-corrected chi connectivity index (χ1v) is 12.1. The summed E-state index contributed by atoms with van der Waals surface area (Å²) < 4.78 is 1.76. The van der Waals surface area contributed by atoms with Crippen LogP contribution >= 0.6 is 0 Å². The maximum atomic E-state index is 13.1. The topological polar surface area (TPSA) is 78.3 Å². The second kappa shape index (κ2) is 8.67. The number of pyridine rings is 2. The molecule has 1 aliphatic rings. The summed E-state index contributed by atoms with van der Waals surface area (Å²) in [5, 5.41) is 8.68. The molecule has 4 aromatic heterocycles. The van der Waals surface area contributed by atoms with Gasteiger partial charge in [-0.25, -0.2) is 9.50 Å². The van der Waals surface area contributed by atoms with Crippen LogP contribution in [0.25, 0.3) is 38.8 Å². The number of nitrogens with one attached hydrogen (secondary N) is 2. The van der Waals surface area contributed by atoms with Crippen molar-refractivity contribution in [1.29, 1.82) is 0 Å². The van der Waals surface area contributed by atoms with Gasteiger partial charge >= 0.3 is 0 Å². The largest absolute Gasteiger partial charge is 0.349 e. The van der Waals surface area contributed by atoms with Crippen LogP contribution < -0.4 is 5.32 Å².